The summed E-state index contributed by atoms with van der Waals surface area (Å²) in [6.07, 6.45) is 5.14. The van der Waals surface area contributed by atoms with Crippen LogP contribution in [0.5, 0.6) is 0 Å². The molecule has 2 bridgehead atoms. The summed E-state index contributed by atoms with van der Waals surface area (Å²) < 4.78 is 2.48. The van der Waals surface area contributed by atoms with Gasteiger partial charge in [-0.05, 0) is 44.1 Å². The lowest BCUT2D eigenvalue weighted by Crippen LogP contribution is -2.39. The van der Waals surface area contributed by atoms with Gasteiger partial charge in [-0.1, -0.05) is 18.2 Å². The second-order valence-electron chi connectivity index (χ2n) is 7.70. The molecule has 1 saturated heterocycles. The normalized spacial score (nSPS) is 23.9. The molecule has 4 aliphatic rings. The van der Waals surface area contributed by atoms with E-state index in [1.165, 1.54) is 61.1 Å². The maximum atomic E-state index is 6.38. The maximum Gasteiger partial charge on any atom is 0.112 e. The van der Waals surface area contributed by atoms with Crippen LogP contribution in [0.1, 0.15) is 49.7 Å². The Morgan fingerprint density at radius 3 is 2.59 bits per heavy atom. The molecule has 6 rings (SSSR count). The Kier molecular flexibility index (Phi) is 2.41. The minimum Gasteiger partial charge on any atom is -0.358 e. The molecule has 1 saturated carbocycles. The predicted molar refractivity (Wildman–Crippen MR) is 91.7 cm³/mol. The molecule has 3 heteroatoms. The number of para-hydroxylation sites is 1. The summed E-state index contributed by atoms with van der Waals surface area (Å²) in [5.74, 6) is 2.26. The molecule has 0 radical (unpaired) electrons. The first-order chi connectivity index (χ1) is 10.6. The van der Waals surface area contributed by atoms with E-state index < -0.39 is 0 Å². The molecule has 1 atom stereocenters. The third-order valence-electron chi connectivity index (χ3n) is 6.62. The van der Waals surface area contributed by atoms with Crippen LogP contribution >= 0.6 is 0 Å². The molecule has 4 heterocycles. The average Bonchev–Trinajstić information content (AvgIpc) is 3.30. The van der Waals surface area contributed by atoms with Crippen LogP contribution in [0.15, 0.2) is 18.2 Å². The van der Waals surface area contributed by atoms with Crippen molar-refractivity contribution in [2.45, 2.75) is 50.0 Å². The molecule has 3 nitrogen and oxygen atoms in total. The van der Waals surface area contributed by atoms with Crippen LogP contribution in [0.2, 0.25) is 0 Å². The Bertz CT molecular complexity index is 759. The van der Waals surface area contributed by atoms with Crippen molar-refractivity contribution in [2.24, 2.45) is 12.8 Å². The summed E-state index contributed by atoms with van der Waals surface area (Å²) in [5, 5.41) is 1.50. The molecule has 1 aromatic heterocycles. The second-order valence-corrected chi connectivity index (χ2v) is 7.70. The first kappa shape index (κ1) is 13.0. The number of aryl methyl sites for hydroxylation is 1. The molecular formula is C19H25N3. The Labute approximate surface area is 132 Å². The van der Waals surface area contributed by atoms with Gasteiger partial charge in [-0.2, -0.15) is 0 Å². The van der Waals surface area contributed by atoms with E-state index >= 15 is 0 Å². The van der Waals surface area contributed by atoms with E-state index in [1.807, 2.05) is 0 Å². The zero-order valence-corrected chi connectivity index (χ0v) is 13.6. The molecule has 1 aliphatic carbocycles. The minimum atomic E-state index is 0.225. The molecule has 0 spiro atoms. The monoisotopic (exact) mass is 295 g/mol. The number of nitrogens with zero attached hydrogens (tertiary/aromatic N) is 2. The van der Waals surface area contributed by atoms with Gasteiger partial charge in [0, 0.05) is 42.5 Å². The number of hydrogen-bond donors (Lipinski definition) is 1. The van der Waals surface area contributed by atoms with Crippen molar-refractivity contribution in [3.8, 4) is 0 Å². The molecule has 2 fully saturated rings. The number of nitrogens with two attached hydrogens (primary N) is 1. The van der Waals surface area contributed by atoms with E-state index in [4.69, 9.17) is 5.73 Å². The minimum absolute atomic E-state index is 0.225. The van der Waals surface area contributed by atoms with Gasteiger partial charge < -0.3 is 15.2 Å². The van der Waals surface area contributed by atoms with Crippen LogP contribution in [-0.4, -0.2) is 23.7 Å². The Morgan fingerprint density at radius 2 is 1.95 bits per heavy atom. The molecule has 22 heavy (non-hydrogen) atoms. The quantitative estimate of drug-likeness (QED) is 0.923. The van der Waals surface area contributed by atoms with Crippen LogP contribution < -0.4 is 10.6 Å². The lowest BCUT2D eigenvalue weighted by atomic mass is 9.83. The van der Waals surface area contributed by atoms with Crippen LogP contribution in [0, 0.1) is 0 Å². The highest BCUT2D eigenvalue weighted by molar-refractivity contribution is 5.94. The van der Waals surface area contributed by atoms with Crippen molar-refractivity contribution in [2.75, 3.05) is 18.0 Å². The van der Waals surface area contributed by atoms with Crippen molar-refractivity contribution >= 4 is 16.7 Å². The molecule has 2 aromatic rings. The smallest absolute Gasteiger partial charge is 0.112 e. The highest BCUT2D eigenvalue weighted by Gasteiger charge is 2.49. The molecule has 0 amide bonds. The number of piperidine rings is 1. The van der Waals surface area contributed by atoms with Gasteiger partial charge in [-0.15, -0.1) is 0 Å². The first-order valence-corrected chi connectivity index (χ1v) is 8.76. The number of anilines is 1. The summed E-state index contributed by atoms with van der Waals surface area (Å²) in [4.78, 5) is 2.60. The first-order valence-electron chi connectivity index (χ1n) is 8.76. The Balaban J connectivity index is 1.84. The number of fused-ring (bicyclic) bond motifs is 3. The topological polar surface area (TPSA) is 34.2 Å². The van der Waals surface area contributed by atoms with Crippen molar-refractivity contribution in [1.82, 2.24) is 4.57 Å². The average molecular weight is 295 g/mol. The van der Waals surface area contributed by atoms with Crippen molar-refractivity contribution in [3.63, 3.8) is 0 Å². The maximum absolute atomic E-state index is 6.38. The highest BCUT2D eigenvalue weighted by atomic mass is 15.3. The number of benzene rings is 1. The summed E-state index contributed by atoms with van der Waals surface area (Å²) in [6.45, 7) is 4.65. The van der Waals surface area contributed by atoms with E-state index in [0.717, 1.165) is 5.92 Å². The number of hydrogen-bond acceptors (Lipinski definition) is 2. The van der Waals surface area contributed by atoms with Gasteiger partial charge in [0.25, 0.3) is 0 Å². The van der Waals surface area contributed by atoms with Crippen LogP contribution in [0.3, 0.4) is 0 Å². The predicted octanol–water partition coefficient (Wildman–Crippen LogP) is 3.25. The molecular weight excluding hydrogens is 270 g/mol. The van der Waals surface area contributed by atoms with E-state index in [0.29, 0.717) is 0 Å². The van der Waals surface area contributed by atoms with Gasteiger partial charge in [-0.3, -0.25) is 0 Å². The zero-order valence-electron chi connectivity index (χ0n) is 13.6. The lowest BCUT2D eigenvalue weighted by molar-refractivity contribution is 0.469. The second kappa shape index (κ2) is 4.08. The number of aromatic nitrogens is 1. The Hall–Kier alpha value is -1.48. The third-order valence-corrected chi connectivity index (χ3v) is 6.62. The summed E-state index contributed by atoms with van der Waals surface area (Å²) >= 11 is 0. The van der Waals surface area contributed by atoms with Crippen LogP contribution in [-0.2, 0) is 12.5 Å². The van der Waals surface area contributed by atoms with Gasteiger partial charge in [-0.25, -0.2) is 0 Å². The highest BCUT2D eigenvalue weighted by Crippen LogP contribution is 2.55. The SMILES string of the molecule is CC(N)C1(c2cccc3c4c(n(C)c23)N2CCC4CC2)CC1. The van der Waals surface area contributed by atoms with Crippen molar-refractivity contribution in [3.05, 3.63) is 29.3 Å². The van der Waals surface area contributed by atoms with Crippen LogP contribution in [0.4, 0.5) is 5.82 Å². The number of rotatable bonds is 2. The molecule has 2 N–H and O–H groups in total. The summed E-state index contributed by atoms with van der Waals surface area (Å²) in [7, 11) is 2.27. The van der Waals surface area contributed by atoms with E-state index in [9.17, 15) is 0 Å². The summed E-state index contributed by atoms with van der Waals surface area (Å²) in [5.41, 5.74) is 11.2. The fourth-order valence-corrected chi connectivity index (χ4v) is 5.20. The fraction of sp³-hybridized carbons (Fsp3) is 0.579. The van der Waals surface area contributed by atoms with E-state index in [2.05, 4.69) is 41.6 Å². The van der Waals surface area contributed by atoms with Gasteiger partial charge in [0.2, 0.25) is 0 Å². The fourth-order valence-electron chi connectivity index (χ4n) is 5.20. The van der Waals surface area contributed by atoms with Gasteiger partial charge in [0.15, 0.2) is 0 Å². The van der Waals surface area contributed by atoms with Gasteiger partial charge in [0.05, 0.1) is 5.52 Å². The van der Waals surface area contributed by atoms with E-state index in [-0.39, 0.29) is 11.5 Å². The lowest BCUT2D eigenvalue weighted by Gasteiger charge is -2.41. The zero-order chi connectivity index (χ0) is 15.1. The molecule has 116 valence electrons. The van der Waals surface area contributed by atoms with Gasteiger partial charge in [0.1, 0.15) is 5.82 Å². The summed E-state index contributed by atoms with van der Waals surface area (Å²) in [6, 6.07) is 7.18. The standard InChI is InChI=1S/C19H25N3/c1-12(20)19(8-9-19)15-5-3-4-14-16-13-6-10-22(11-7-13)18(16)21(2)17(14)15/h3-5,12-13H,6-11,20H2,1-2H3. The third kappa shape index (κ3) is 1.41. The molecule has 1 unspecified atom stereocenters. The largest absolute Gasteiger partial charge is 0.358 e. The Morgan fingerprint density at radius 1 is 1.23 bits per heavy atom. The van der Waals surface area contributed by atoms with Crippen molar-refractivity contribution < 1.29 is 0 Å². The van der Waals surface area contributed by atoms with Crippen LogP contribution in [0.25, 0.3) is 10.9 Å². The van der Waals surface area contributed by atoms with E-state index in [1.54, 1.807) is 5.56 Å². The van der Waals surface area contributed by atoms with Crippen molar-refractivity contribution in [1.29, 1.82) is 0 Å². The van der Waals surface area contributed by atoms with Gasteiger partial charge >= 0.3 is 0 Å². The molecule has 1 aromatic carbocycles. The molecule has 3 aliphatic heterocycles.